The Hall–Kier alpha value is -5.36. The molecule has 1 aliphatic carbocycles. The summed E-state index contributed by atoms with van der Waals surface area (Å²) in [6, 6.07) is 7.04. The average molecular weight is 870 g/mol. The number of hydrogen-bond acceptors (Lipinski definition) is 11. The van der Waals surface area contributed by atoms with E-state index in [2.05, 4.69) is 41.6 Å². The first-order valence-electron chi connectivity index (χ1n) is 22.6. The van der Waals surface area contributed by atoms with Crippen molar-refractivity contribution in [3.8, 4) is 0 Å². The van der Waals surface area contributed by atoms with Gasteiger partial charge in [-0.25, -0.2) is 28.1 Å². The lowest BCUT2D eigenvalue weighted by atomic mass is 9.80. The monoisotopic (exact) mass is 869 g/mol. The molecule has 0 bridgehead atoms. The molecule has 7 heterocycles. The van der Waals surface area contributed by atoms with Crippen LogP contribution in [0.3, 0.4) is 0 Å². The maximum absolute atomic E-state index is 14.3. The lowest BCUT2D eigenvalue weighted by Gasteiger charge is -2.37. The van der Waals surface area contributed by atoms with Crippen molar-refractivity contribution in [2.75, 3.05) is 37.6 Å². The number of amides is 3. The lowest BCUT2D eigenvalue weighted by molar-refractivity contribution is -0.135. The summed E-state index contributed by atoms with van der Waals surface area (Å²) in [5.74, 6) is 0.355. The van der Waals surface area contributed by atoms with E-state index in [-0.39, 0.29) is 47.5 Å². The van der Waals surface area contributed by atoms with Crippen molar-refractivity contribution in [3.05, 3.63) is 58.3 Å². The van der Waals surface area contributed by atoms with Gasteiger partial charge in [0, 0.05) is 45.2 Å². The molecular formula is C45H57F2N11O5. The van der Waals surface area contributed by atoms with Crippen molar-refractivity contribution in [1.29, 1.82) is 0 Å². The highest BCUT2D eigenvalue weighted by molar-refractivity contribution is 6.46. The van der Waals surface area contributed by atoms with Crippen LogP contribution in [0.4, 0.5) is 14.6 Å². The number of morpholine rings is 1. The molecule has 4 aromatic rings. The van der Waals surface area contributed by atoms with E-state index in [0.29, 0.717) is 42.8 Å². The minimum atomic E-state index is -2.88. The number of hydrogen-bond donors (Lipinski definition) is 2. The van der Waals surface area contributed by atoms with Crippen LogP contribution in [0.5, 0.6) is 0 Å². The summed E-state index contributed by atoms with van der Waals surface area (Å²) in [6.45, 7) is 8.44. The zero-order chi connectivity index (χ0) is 43.9. The highest BCUT2D eigenvalue weighted by Crippen LogP contribution is 2.36. The number of piperidine rings is 2. The van der Waals surface area contributed by atoms with Gasteiger partial charge < -0.3 is 19.9 Å². The SMILES string of the molecule is C[C@@H]1CN(c2ccn3ncc(C(=O)NC4=NC(C5CCC(CN6CCC(CCCc7cccc8c7n(C)c(=O)n8C7CCC(=O)NC7=O)CC6)CC5)N=C4C(F)F)c3n2)C[C@@H](C)O1. The number of amidine groups is 1. The Labute approximate surface area is 364 Å². The Bertz CT molecular complexity index is 2490. The molecule has 3 aromatic heterocycles. The van der Waals surface area contributed by atoms with E-state index in [1.807, 2.05) is 32.0 Å². The molecule has 336 valence electrons. The van der Waals surface area contributed by atoms with Crippen LogP contribution in [0.15, 0.2) is 51.4 Å². The van der Waals surface area contributed by atoms with E-state index in [0.717, 1.165) is 94.0 Å². The molecule has 3 saturated heterocycles. The molecule has 4 atom stereocenters. The first-order chi connectivity index (χ1) is 30.4. The number of aliphatic imine (C=N–C) groups is 2. The second-order valence-corrected chi connectivity index (χ2v) is 18.3. The summed E-state index contributed by atoms with van der Waals surface area (Å²) in [5, 5.41) is 9.29. The molecule has 4 aliphatic heterocycles. The molecule has 9 rings (SSSR count). The zero-order valence-corrected chi connectivity index (χ0v) is 36.2. The third-order valence-electron chi connectivity index (χ3n) is 13.9. The third-order valence-corrected chi connectivity index (χ3v) is 13.9. The molecule has 18 heteroatoms. The molecule has 0 radical (unpaired) electrons. The van der Waals surface area contributed by atoms with E-state index in [1.54, 1.807) is 22.4 Å². The molecule has 1 aromatic carbocycles. The van der Waals surface area contributed by atoms with Gasteiger partial charge >= 0.3 is 5.69 Å². The van der Waals surface area contributed by atoms with Gasteiger partial charge in [0.2, 0.25) is 11.8 Å². The number of alkyl halides is 2. The third kappa shape index (κ3) is 8.93. The first kappa shape index (κ1) is 42.9. The summed E-state index contributed by atoms with van der Waals surface area (Å²) >= 11 is 0. The summed E-state index contributed by atoms with van der Waals surface area (Å²) in [4.78, 5) is 69.6. The number of carbonyl (C=O) groups is 3. The molecule has 4 fully saturated rings. The fourth-order valence-electron chi connectivity index (χ4n) is 10.7. The van der Waals surface area contributed by atoms with Gasteiger partial charge in [-0.2, -0.15) is 5.10 Å². The highest BCUT2D eigenvalue weighted by Gasteiger charge is 2.37. The number of aromatic nitrogens is 5. The number of carbonyl (C=O) groups excluding carboxylic acids is 3. The van der Waals surface area contributed by atoms with Crippen LogP contribution in [0.25, 0.3) is 16.7 Å². The Morgan fingerprint density at radius 1 is 0.968 bits per heavy atom. The number of nitrogens with one attached hydrogen (secondary N) is 2. The molecule has 16 nitrogen and oxygen atoms in total. The number of ether oxygens (including phenoxy) is 1. The predicted molar refractivity (Wildman–Crippen MR) is 233 cm³/mol. The van der Waals surface area contributed by atoms with Crippen molar-refractivity contribution < 1.29 is 27.9 Å². The number of halogens is 2. The van der Waals surface area contributed by atoms with Crippen LogP contribution in [0.1, 0.15) is 100 Å². The Balaban J connectivity index is 0.743. The molecule has 63 heavy (non-hydrogen) atoms. The van der Waals surface area contributed by atoms with Crippen LogP contribution < -0.4 is 21.2 Å². The molecule has 2 N–H and O–H groups in total. The lowest BCUT2D eigenvalue weighted by Crippen LogP contribution is -2.45. The topological polar surface area (TPSA) is 173 Å². The van der Waals surface area contributed by atoms with Gasteiger partial charge in [0.15, 0.2) is 11.5 Å². The van der Waals surface area contributed by atoms with Crippen molar-refractivity contribution in [1.82, 2.24) is 39.3 Å². The summed E-state index contributed by atoms with van der Waals surface area (Å²) in [5.41, 5.74) is 2.44. The summed E-state index contributed by atoms with van der Waals surface area (Å²) in [7, 11) is 1.75. The van der Waals surface area contributed by atoms with E-state index >= 15 is 0 Å². The number of imide groups is 1. The molecule has 1 saturated carbocycles. The van der Waals surface area contributed by atoms with Crippen molar-refractivity contribution in [2.45, 2.75) is 115 Å². The molecule has 0 spiro atoms. The fraction of sp³-hybridized carbons (Fsp3) is 0.600. The number of aryl methyl sites for hydroxylation is 2. The summed E-state index contributed by atoms with van der Waals surface area (Å²) in [6.07, 6.45) is 9.03. The number of fused-ring (bicyclic) bond motifs is 2. The minimum absolute atomic E-state index is 0.0226. The van der Waals surface area contributed by atoms with Gasteiger partial charge in [-0.1, -0.05) is 18.6 Å². The normalized spacial score (nSPS) is 26.4. The van der Waals surface area contributed by atoms with Crippen LogP contribution >= 0.6 is 0 Å². The van der Waals surface area contributed by atoms with Crippen LogP contribution in [-0.2, 0) is 27.8 Å². The Kier molecular flexibility index (Phi) is 12.3. The first-order valence-corrected chi connectivity index (χ1v) is 22.6. The van der Waals surface area contributed by atoms with Crippen molar-refractivity contribution in [2.24, 2.45) is 34.8 Å². The average Bonchev–Trinajstić information content (AvgIpc) is 3.96. The maximum atomic E-state index is 14.3. The van der Waals surface area contributed by atoms with Crippen molar-refractivity contribution >= 4 is 51.8 Å². The quantitative estimate of drug-likeness (QED) is 0.203. The largest absolute Gasteiger partial charge is 0.372 e. The summed E-state index contributed by atoms with van der Waals surface area (Å²) < 4.78 is 39.2. The maximum Gasteiger partial charge on any atom is 0.329 e. The van der Waals surface area contributed by atoms with E-state index < -0.39 is 36.2 Å². The highest BCUT2D eigenvalue weighted by atomic mass is 19.3. The van der Waals surface area contributed by atoms with Gasteiger partial charge in [0.05, 0.1) is 29.4 Å². The number of rotatable bonds is 11. The Morgan fingerprint density at radius 3 is 2.46 bits per heavy atom. The molecular weight excluding hydrogens is 813 g/mol. The number of imidazole rings is 1. The number of benzene rings is 1. The number of nitrogens with zero attached hydrogens (tertiary/aromatic N) is 9. The van der Waals surface area contributed by atoms with E-state index in [9.17, 15) is 28.0 Å². The predicted octanol–water partition coefficient (Wildman–Crippen LogP) is 4.69. The number of likely N-dealkylation sites (tertiary alicyclic amines) is 1. The van der Waals surface area contributed by atoms with E-state index in [4.69, 9.17) is 9.72 Å². The second kappa shape index (κ2) is 18.0. The standard InChI is InChI=1S/C45H57F2N11O5/c1-26-23-56(24-27(2)63-26)35-18-21-57-42(49-35)32(22-48-57)43(60)53-41-37(39(46)47)51-40(52-41)31-12-10-29(11-13-31)25-55-19-16-28(17-20-55)6-4-7-30-8-5-9-33-38(30)54(3)45(62)58(33)34-14-15-36(59)50-44(34)61/h5,8-9,18,21-22,26-29,31,34,39-40H,4,6-7,10-17,19-20,23-25H2,1-3H3,(H,50,59,61)(H,52,53,60)/t26-,27-,29?,31?,34?,40?/m1/s1. The molecule has 5 aliphatic rings. The number of anilines is 1. The van der Waals surface area contributed by atoms with Crippen LogP contribution in [0.2, 0.25) is 0 Å². The van der Waals surface area contributed by atoms with Gasteiger partial charge in [-0.15, -0.1) is 0 Å². The van der Waals surface area contributed by atoms with E-state index in [1.165, 1.54) is 10.7 Å². The molecule has 2 unspecified atom stereocenters. The van der Waals surface area contributed by atoms with Gasteiger partial charge in [0.25, 0.3) is 12.3 Å². The minimum Gasteiger partial charge on any atom is -0.372 e. The van der Waals surface area contributed by atoms with Gasteiger partial charge in [-0.05, 0) is 114 Å². The van der Waals surface area contributed by atoms with Crippen LogP contribution in [0, 0.1) is 17.8 Å². The molecule has 3 amide bonds. The Morgan fingerprint density at radius 2 is 1.73 bits per heavy atom. The van der Waals surface area contributed by atoms with Gasteiger partial charge in [-0.3, -0.25) is 33.8 Å². The zero-order valence-electron chi connectivity index (χ0n) is 36.2. The smallest absolute Gasteiger partial charge is 0.329 e. The van der Waals surface area contributed by atoms with Crippen LogP contribution in [-0.4, -0.2) is 115 Å². The van der Waals surface area contributed by atoms with Crippen molar-refractivity contribution in [3.63, 3.8) is 0 Å². The van der Waals surface area contributed by atoms with Gasteiger partial charge in [0.1, 0.15) is 29.3 Å². The number of para-hydroxylation sites is 1. The fourth-order valence-corrected chi connectivity index (χ4v) is 10.7. The second-order valence-electron chi connectivity index (χ2n) is 18.3.